The minimum Gasteiger partial charge on any atom is -0.481 e. The molecule has 1 aromatic carbocycles. The number of benzene rings is 1. The second kappa shape index (κ2) is 5.23. The molecule has 3 unspecified atom stereocenters. The van der Waals surface area contributed by atoms with Crippen LogP contribution < -0.4 is 0 Å². The number of nitriles is 1. The third-order valence-corrected chi connectivity index (χ3v) is 6.87. The number of nitrogens with zero attached hydrogens (tertiary/aromatic N) is 2. The number of carboxylic acid groups (broad SMARTS) is 1. The van der Waals surface area contributed by atoms with Crippen LogP contribution in [0.15, 0.2) is 23.1 Å². The zero-order valence-electron chi connectivity index (χ0n) is 11.4. The predicted octanol–water partition coefficient (Wildman–Crippen LogP) is 1.84. The molecule has 3 atom stereocenters. The lowest BCUT2D eigenvalue weighted by Crippen LogP contribution is -2.38. The Kier molecular flexibility index (Phi) is 3.63. The highest BCUT2D eigenvalue weighted by molar-refractivity contribution is 7.89. The number of hydrogen-bond acceptors (Lipinski definition) is 4. The summed E-state index contributed by atoms with van der Waals surface area (Å²) < 4.78 is 27.1. The van der Waals surface area contributed by atoms with E-state index in [-0.39, 0.29) is 21.5 Å². The summed E-state index contributed by atoms with van der Waals surface area (Å²) in [5.74, 6) is -1.64. The number of sulfonamides is 1. The molecule has 116 valence electrons. The summed E-state index contributed by atoms with van der Waals surface area (Å²) in [5.41, 5.74) is 0.198. The molecule has 0 amide bonds. The fourth-order valence-corrected chi connectivity index (χ4v) is 5.88. The van der Waals surface area contributed by atoms with Crippen LogP contribution in [0.3, 0.4) is 0 Å². The van der Waals surface area contributed by atoms with E-state index >= 15 is 0 Å². The normalized spacial score (nSPS) is 27.7. The Morgan fingerprint density at radius 1 is 1.41 bits per heavy atom. The summed E-state index contributed by atoms with van der Waals surface area (Å²) in [6.07, 6.45) is 1.52. The Balaban J connectivity index is 2.05. The van der Waals surface area contributed by atoms with Crippen LogP contribution in [0.4, 0.5) is 0 Å². The molecule has 2 aliphatic rings. The van der Waals surface area contributed by atoms with Crippen LogP contribution in [0.1, 0.15) is 24.8 Å². The van der Waals surface area contributed by atoms with Crippen molar-refractivity contribution in [2.75, 3.05) is 0 Å². The van der Waals surface area contributed by atoms with E-state index in [1.54, 1.807) is 0 Å². The lowest BCUT2D eigenvalue weighted by molar-refractivity contribution is -0.142. The standard InChI is InChI=1S/C14H13ClN2O4S/c15-11-3-1-8(7-16)5-13(11)22(20,21)17-9-2-4-12(17)10(6-9)14(18)19/h1,3,5,9-10,12H,2,4,6H2,(H,18,19). The first-order valence-corrected chi connectivity index (χ1v) is 8.64. The van der Waals surface area contributed by atoms with Gasteiger partial charge in [-0.25, -0.2) is 8.42 Å². The molecule has 2 bridgehead atoms. The van der Waals surface area contributed by atoms with Crippen LogP contribution in [0.5, 0.6) is 0 Å². The van der Waals surface area contributed by atoms with Gasteiger partial charge in [0.15, 0.2) is 0 Å². The summed E-state index contributed by atoms with van der Waals surface area (Å²) >= 11 is 6.00. The fraction of sp³-hybridized carbons (Fsp3) is 0.429. The van der Waals surface area contributed by atoms with Crippen LogP contribution in [-0.4, -0.2) is 35.9 Å². The van der Waals surface area contributed by atoms with Gasteiger partial charge in [0.2, 0.25) is 10.0 Å². The highest BCUT2D eigenvalue weighted by atomic mass is 35.5. The van der Waals surface area contributed by atoms with Gasteiger partial charge in [0, 0.05) is 12.1 Å². The molecule has 0 radical (unpaired) electrons. The lowest BCUT2D eigenvalue weighted by Gasteiger charge is -2.23. The van der Waals surface area contributed by atoms with Crippen molar-refractivity contribution in [2.45, 2.75) is 36.2 Å². The van der Waals surface area contributed by atoms with Crippen LogP contribution >= 0.6 is 11.6 Å². The second-order valence-electron chi connectivity index (χ2n) is 5.57. The van der Waals surface area contributed by atoms with E-state index < -0.39 is 28.0 Å². The number of fused-ring (bicyclic) bond motifs is 2. The number of carbonyl (C=O) groups is 1. The largest absolute Gasteiger partial charge is 0.481 e. The van der Waals surface area contributed by atoms with E-state index in [1.807, 2.05) is 6.07 Å². The maximum Gasteiger partial charge on any atom is 0.308 e. The van der Waals surface area contributed by atoms with Gasteiger partial charge in [0.05, 0.1) is 22.6 Å². The van der Waals surface area contributed by atoms with Gasteiger partial charge >= 0.3 is 5.97 Å². The average molecular weight is 341 g/mol. The molecule has 2 saturated heterocycles. The Hall–Kier alpha value is -1.62. The van der Waals surface area contributed by atoms with E-state index in [0.29, 0.717) is 19.3 Å². The summed E-state index contributed by atoms with van der Waals surface area (Å²) in [6, 6.07) is 5.11. The molecule has 3 rings (SSSR count). The third-order valence-electron chi connectivity index (χ3n) is 4.41. The molecule has 0 saturated carbocycles. The van der Waals surface area contributed by atoms with Crippen molar-refractivity contribution in [3.05, 3.63) is 28.8 Å². The molecular formula is C14H13ClN2O4S. The zero-order chi connectivity index (χ0) is 16.1. The third kappa shape index (κ3) is 2.19. The van der Waals surface area contributed by atoms with E-state index in [0.717, 1.165) is 0 Å². The molecule has 1 aromatic rings. The number of halogens is 1. The van der Waals surface area contributed by atoms with Crippen LogP contribution in [-0.2, 0) is 14.8 Å². The summed E-state index contributed by atoms with van der Waals surface area (Å²) in [4.78, 5) is 11.1. The molecule has 1 N–H and O–H groups in total. The maximum absolute atomic E-state index is 12.9. The van der Waals surface area contributed by atoms with Gasteiger partial charge in [-0.05, 0) is 37.5 Å². The molecule has 2 heterocycles. The monoisotopic (exact) mass is 340 g/mol. The number of hydrogen-bond donors (Lipinski definition) is 1. The Morgan fingerprint density at radius 3 is 2.73 bits per heavy atom. The molecule has 0 aliphatic carbocycles. The number of carboxylic acids is 1. The van der Waals surface area contributed by atoms with Crippen molar-refractivity contribution >= 4 is 27.6 Å². The van der Waals surface area contributed by atoms with E-state index in [1.165, 1.54) is 22.5 Å². The van der Waals surface area contributed by atoms with Crippen LogP contribution in [0.2, 0.25) is 5.02 Å². The minimum absolute atomic E-state index is 0.0391. The molecule has 22 heavy (non-hydrogen) atoms. The van der Waals surface area contributed by atoms with Crippen molar-refractivity contribution < 1.29 is 18.3 Å². The molecule has 0 spiro atoms. The molecule has 0 aromatic heterocycles. The molecule has 6 nitrogen and oxygen atoms in total. The highest BCUT2D eigenvalue weighted by Gasteiger charge is 2.54. The second-order valence-corrected chi connectivity index (χ2v) is 7.79. The first-order chi connectivity index (χ1) is 10.4. The van der Waals surface area contributed by atoms with Crippen molar-refractivity contribution in [1.29, 1.82) is 5.26 Å². The molecule has 2 aliphatic heterocycles. The van der Waals surface area contributed by atoms with Crippen molar-refractivity contribution in [3.8, 4) is 6.07 Å². The predicted molar refractivity (Wildman–Crippen MR) is 77.7 cm³/mol. The lowest BCUT2D eigenvalue weighted by atomic mass is 9.89. The van der Waals surface area contributed by atoms with Crippen LogP contribution in [0, 0.1) is 17.2 Å². The van der Waals surface area contributed by atoms with Crippen molar-refractivity contribution in [2.24, 2.45) is 5.92 Å². The SMILES string of the molecule is N#Cc1ccc(Cl)c(S(=O)(=O)N2C3CCC2C(C(=O)O)C3)c1. The smallest absolute Gasteiger partial charge is 0.308 e. The number of aliphatic carboxylic acids is 1. The van der Waals surface area contributed by atoms with Gasteiger partial charge in [-0.15, -0.1) is 0 Å². The van der Waals surface area contributed by atoms with E-state index in [4.69, 9.17) is 16.9 Å². The fourth-order valence-electron chi connectivity index (χ4n) is 3.46. The van der Waals surface area contributed by atoms with Gasteiger partial charge in [-0.3, -0.25) is 4.79 Å². The van der Waals surface area contributed by atoms with Gasteiger partial charge in [0.25, 0.3) is 0 Å². The average Bonchev–Trinajstić information content (AvgIpc) is 3.06. The van der Waals surface area contributed by atoms with Gasteiger partial charge in [-0.1, -0.05) is 11.6 Å². The van der Waals surface area contributed by atoms with Crippen molar-refractivity contribution in [1.82, 2.24) is 4.31 Å². The van der Waals surface area contributed by atoms with Gasteiger partial charge < -0.3 is 5.11 Å². The minimum atomic E-state index is -3.92. The first-order valence-electron chi connectivity index (χ1n) is 6.82. The number of rotatable bonds is 3. The first kappa shape index (κ1) is 15.3. The van der Waals surface area contributed by atoms with E-state index in [9.17, 15) is 18.3 Å². The Morgan fingerprint density at radius 2 is 2.14 bits per heavy atom. The molecule has 2 fully saturated rings. The van der Waals surface area contributed by atoms with E-state index in [2.05, 4.69) is 0 Å². The summed E-state index contributed by atoms with van der Waals surface area (Å²) in [7, 11) is -3.92. The zero-order valence-corrected chi connectivity index (χ0v) is 13.0. The highest BCUT2D eigenvalue weighted by Crippen LogP contribution is 2.45. The van der Waals surface area contributed by atoms with Gasteiger partial charge in [0.1, 0.15) is 4.90 Å². The van der Waals surface area contributed by atoms with Gasteiger partial charge in [-0.2, -0.15) is 9.57 Å². The molecular weight excluding hydrogens is 328 g/mol. The maximum atomic E-state index is 12.9. The van der Waals surface area contributed by atoms with Crippen LogP contribution in [0.25, 0.3) is 0 Å². The quantitative estimate of drug-likeness (QED) is 0.905. The van der Waals surface area contributed by atoms with Crippen molar-refractivity contribution in [3.63, 3.8) is 0 Å². The summed E-state index contributed by atoms with van der Waals surface area (Å²) in [5, 5.41) is 18.2. The summed E-state index contributed by atoms with van der Waals surface area (Å²) in [6.45, 7) is 0. The Labute approximate surface area is 133 Å². The Bertz CT molecular complexity index is 787. The molecule has 8 heteroatoms. The topological polar surface area (TPSA) is 98.5 Å².